The van der Waals surface area contributed by atoms with Gasteiger partial charge in [0.15, 0.2) is 12.6 Å². The largest absolute Gasteiger partial charge is 0.394 e. The van der Waals surface area contributed by atoms with Gasteiger partial charge in [-0.15, -0.1) is 0 Å². The Bertz CT molecular complexity index is 884. The van der Waals surface area contributed by atoms with Crippen molar-refractivity contribution in [1.29, 1.82) is 0 Å². The summed E-state index contributed by atoms with van der Waals surface area (Å²) in [6, 6.07) is -0.542. The second-order valence-electron chi connectivity index (χ2n) is 12.0. The summed E-state index contributed by atoms with van der Waals surface area (Å²) in [7, 11) is 0. The van der Waals surface area contributed by atoms with E-state index in [9.17, 15) is 55.5 Å². The van der Waals surface area contributed by atoms with Gasteiger partial charge >= 0.3 is 0 Å². The number of hydrogen-bond acceptors (Lipinski definition) is 16. The number of rotatable bonds is 23. The van der Waals surface area contributed by atoms with Crippen molar-refractivity contribution >= 4 is 11.7 Å². The molecule has 2 rings (SSSR count). The molecular formula is C30H56N2O15. The average Bonchev–Trinajstić information content (AvgIpc) is 3.06. The Morgan fingerprint density at radius 3 is 1.72 bits per heavy atom. The topological polar surface area (TPSA) is 277 Å². The number of aliphatic hydroxyl groups is 9. The number of unbranched alkanes of at least 4 members (excludes halogenated alkanes) is 3. The fourth-order valence-corrected chi connectivity index (χ4v) is 5.33. The Labute approximate surface area is 274 Å². The summed E-state index contributed by atoms with van der Waals surface area (Å²) < 4.78 is 21.4. The first-order valence-electron chi connectivity index (χ1n) is 16.5. The molecule has 0 bridgehead atoms. The van der Waals surface area contributed by atoms with E-state index in [2.05, 4.69) is 10.6 Å². The van der Waals surface area contributed by atoms with E-state index >= 15 is 0 Å². The van der Waals surface area contributed by atoms with Gasteiger partial charge in [-0.25, -0.2) is 0 Å². The van der Waals surface area contributed by atoms with E-state index in [0.717, 1.165) is 0 Å². The predicted octanol–water partition coefficient (Wildman–Crippen LogP) is -3.50. The zero-order valence-electron chi connectivity index (χ0n) is 27.0. The van der Waals surface area contributed by atoms with Crippen molar-refractivity contribution in [3.8, 4) is 0 Å². The Morgan fingerprint density at radius 2 is 1.21 bits per heavy atom. The third kappa shape index (κ3) is 13.8. The van der Waals surface area contributed by atoms with E-state index in [1.807, 2.05) is 0 Å². The van der Waals surface area contributed by atoms with Crippen LogP contribution < -0.4 is 10.6 Å². The molecule has 0 radical (unpaired) electrons. The molecule has 0 saturated carbocycles. The highest BCUT2D eigenvalue weighted by Crippen LogP contribution is 2.23. The van der Waals surface area contributed by atoms with Gasteiger partial charge in [0.05, 0.1) is 19.3 Å². The first-order valence-corrected chi connectivity index (χ1v) is 16.5. The molecule has 47 heavy (non-hydrogen) atoms. The fourth-order valence-electron chi connectivity index (χ4n) is 5.33. The summed E-state index contributed by atoms with van der Waals surface area (Å²) in [5.41, 5.74) is 0. The lowest BCUT2D eigenvalue weighted by Crippen LogP contribution is -2.59. The quantitative estimate of drug-likeness (QED) is 0.0368. The lowest BCUT2D eigenvalue weighted by atomic mass is 9.99. The van der Waals surface area contributed by atoms with Crippen LogP contribution in [0.4, 0.5) is 0 Å². The van der Waals surface area contributed by atoms with Crippen LogP contribution in [0.5, 0.6) is 0 Å². The van der Waals surface area contributed by atoms with Gasteiger partial charge in [0.25, 0.3) is 0 Å². The van der Waals surface area contributed by atoms with E-state index in [-0.39, 0.29) is 31.3 Å². The molecule has 0 aromatic heterocycles. The van der Waals surface area contributed by atoms with Gasteiger partial charge < -0.3 is 70.2 Å². The first-order chi connectivity index (χ1) is 22.4. The van der Waals surface area contributed by atoms with Crippen LogP contribution in [-0.4, -0.2) is 164 Å². The smallest absolute Gasteiger partial charge is 0.219 e. The maximum absolute atomic E-state index is 12.4. The molecule has 2 fully saturated rings. The molecule has 17 heteroatoms. The summed E-state index contributed by atoms with van der Waals surface area (Å²) in [4.78, 5) is 24.6. The Morgan fingerprint density at radius 1 is 0.702 bits per heavy atom. The number of amides is 1. The van der Waals surface area contributed by atoms with Gasteiger partial charge in [-0.1, -0.05) is 6.92 Å². The summed E-state index contributed by atoms with van der Waals surface area (Å²) in [5.74, 6) is -0.187. The number of Topliss-reactive ketones (excluding diaryl/α,β-unsaturated/α-hetero) is 1. The summed E-state index contributed by atoms with van der Waals surface area (Å²) in [5, 5.41) is 94.0. The van der Waals surface area contributed by atoms with Crippen LogP contribution in [0, 0.1) is 0 Å². The molecule has 0 aromatic carbocycles. The standard InChI is InChI=1S/C30H56N2O15/c1-2-18(35)17(32-22(37)11-5-8-14-45-30-28(43)26(41)24(39)20(16-34)47-30)9-3-6-12-31-21(36)10-4-7-13-44-29-27(42)25(40)23(38)19(15-33)46-29/h17,19-20,22-30,32-34,37-43H,2-16H2,1H3,(H,31,36). The highest BCUT2D eigenvalue weighted by Gasteiger charge is 2.45. The number of ether oxygens (including phenoxy) is 4. The summed E-state index contributed by atoms with van der Waals surface area (Å²) in [6.45, 7) is 1.34. The molecule has 11 N–H and O–H groups in total. The van der Waals surface area contributed by atoms with Gasteiger partial charge in [-0.3, -0.25) is 14.9 Å². The molecule has 2 aliphatic rings. The highest BCUT2D eigenvalue weighted by molar-refractivity contribution is 5.83. The first kappa shape index (κ1) is 41.7. The van der Waals surface area contributed by atoms with Gasteiger partial charge in [0.2, 0.25) is 5.91 Å². The Hall–Kier alpha value is -1.42. The van der Waals surface area contributed by atoms with E-state index in [4.69, 9.17) is 18.9 Å². The minimum absolute atomic E-state index is 0.0371. The monoisotopic (exact) mass is 684 g/mol. The zero-order valence-corrected chi connectivity index (χ0v) is 27.0. The average molecular weight is 685 g/mol. The molecule has 0 spiro atoms. The number of hydrogen-bond donors (Lipinski definition) is 11. The normalized spacial score (nSPS) is 32.6. The van der Waals surface area contributed by atoms with Gasteiger partial charge in [-0.05, 0) is 51.4 Å². The van der Waals surface area contributed by atoms with Crippen molar-refractivity contribution in [2.45, 2.75) is 145 Å². The molecule has 276 valence electrons. The predicted molar refractivity (Wildman–Crippen MR) is 162 cm³/mol. The summed E-state index contributed by atoms with van der Waals surface area (Å²) >= 11 is 0. The van der Waals surface area contributed by atoms with E-state index in [1.54, 1.807) is 6.92 Å². The van der Waals surface area contributed by atoms with Crippen molar-refractivity contribution in [2.75, 3.05) is 33.0 Å². The van der Waals surface area contributed by atoms with Crippen LogP contribution in [-0.2, 0) is 28.5 Å². The van der Waals surface area contributed by atoms with Crippen molar-refractivity contribution in [3.63, 3.8) is 0 Å². The van der Waals surface area contributed by atoms with Crippen LogP contribution in [0.1, 0.15) is 71.1 Å². The van der Waals surface area contributed by atoms with Crippen molar-refractivity contribution in [3.05, 3.63) is 0 Å². The Balaban J connectivity index is 1.55. The van der Waals surface area contributed by atoms with Crippen LogP contribution in [0.15, 0.2) is 0 Å². The molecule has 2 aliphatic heterocycles. The maximum Gasteiger partial charge on any atom is 0.219 e. The number of carbonyl (C=O) groups excluding carboxylic acids is 2. The number of ketones is 1. The maximum atomic E-state index is 12.4. The highest BCUT2D eigenvalue weighted by atomic mass is 16.7. The molecule has 2 heterocycles. The second-order valence-corrected chi connectivity index (χ2v) is 12.0. The number of aliphatic hydroxyl groups excluding tert-OH is 9. The molecule has 1 amide bonds. The summed E-state index contributed by atoms with van der Waals surface area (Å²) in [6.07, 6.45) is -9.76. The van der Waals surface area contributed by atoms with E-state index in [1.165, 1.54) is 0 Å². The lowest BCUT2D eigenvalue weighted by molar-refractivity contribution is -0.301. The second kappa shape index (κ2) is 22.3. The number of nitrogens with one attached hydrogen (secondary N) is 2. The van der Waals surface area contributed by atoms with Gasteiger partial charge in [-0.2, -0.15) is 0 Å². The minimum Gasteiger partial charge on any atom is -0.394 e. The zero-order chi connectivity index (χ0) is 34.9. The van der Waals surface area contributed by atoms with Crippen molar-refractivity contribution in [2.24, 2.45) is 0 Å². The third-order valence-corrected chi connectivity index (χ3v) is 8.30. The van der Waals surface area contributed by atoms with Crippen LogP contribution in [0.2, 0.25) is 0 Å². The number of carbonyl (C=O) groups is 2. The van der Waals surface area contributed by atoms with Crippen molar-refractivity contribution in [1.82, 2.24) is 10.6 Å². The lowest BCUT2D eigenvalue weighted by Gasteiger charge is -2.39. The SMILES string of the molecule is CCC(=O)C(CCCCNC(=O)CCCCOC1OC(CO)C(O)C(O)C1O)NC(O)CCCCOC1OC(CO)C(O)C(O)C1O. The molecule has 17 nitrogen and oxygen atoms in total. The van der Waals surface area contributed by atoms with Gasteiger partial charge in [0, 0.05) is 32.6 Å². The van der Waals surface area contributed by atoms with Crippen LogP contribution in [0.3, 0.4) is 0 Å². The van der Waals surface area contributed by atoms with Gasteiger partial charge in [0.1, 0.15) is 60.8 Å². The molecule has 12 atom stereocenters. The van der Waals surface area contributed by atoms with E-state index < -0.39 is 86.9 Å². The Kier molecular flexibility index (Phi) is 19.8. The van der Waals surface area contributed by atoms with Crippen LogP contribution in [0.25, 0.3) is 0 Å². The molecule has 0 aromatic rings. The molecule has 12 unspecified atom stereocenters. The van der Waals surface area contributed by atoms with Crippen molar-refractivity contribution < 1.29 is 74.5 Å². The van der Waals surface area contributed by atoms with Crippen LogP contribution >= 0.6 is 0 Å². The minimum atomic E-state index is -1.52. The molecule has 2 saturated heterocycles. The fraction of sp³-hybridized carbons (Fsp3) is 0.933. The molecular weight excluding hydrogens is 628 g/mol. The molecule has 0 aliphatic carbocycles. The van der Waals surface area contributed by atoms with E-state index in [0.29, 0.717) is 64.3 Å². The third-order valence-electron chi connectivity index (χ3n) is 8.30.